The maximum absolute atomic E-state index is 11.7. The third-order valence-corrected chi connectivity index (χ3v) is 2.33. The highest BCUT2D eigenvalue weighted by molar-refractivity contribution is 6.03. The van der Waals surface area contributed by atoms with Gasteiger partial charge in [-0.25, -0.2) is 4.98 Å². The maximum Gasteiger partial charge on any atom is 0.220 e. The summed E-state index contributed by atoms with van der Waals surface area (Å²) in [6, 6.07) is 7.71. The lowest BCUT2D eigenvalue weighted by molar-refractivity contribution is 0.103. The zero-order chi connectivity index (χ0) is 10.8. The summed E-state index contributed by atoms with van der Waals surface area (Å²) in [5.41, 5.74) is 1.83. The molecule has 0 unspecified atom stereocenters. The highest BCUT2D eigenvalue weighted by atomic mass is 16.1. The highest BCUT2D eigenvalue weighted by Crippen LogP contribution is 2.14. The van der Waals surface area contributed by atoms with Crippen molar-refractivity contribution in [3.05, 3.63) is 42.2 Å². The Morgan fingerprint density at radius 2 is 2.13 bits per heavy atom. The van der Waals surface area contributed by atoms with E-state index in [-0.39, 0.29) is 5.78 Å². The summed E-state index contributed by atoms with van der Waals surface area (Å²) in [5, 5.41) is 0. The number of rotatable bonds is 2. The van der Waals surface area contributed by atoms with Crippen LogP contribution in [0.25, 0.3) is 11.0 Å². The molecule has 0 radical (unpaired) electrons. The Bertz CT molecular complexity index is 538. The summed E-state index contributed by atoms with van der Waals surface area (Å²) < 4.78 is 1.82. The monoisotopic (exact) mass is 200 g/mol. The molecule has 1 heterocycles. The fourth-order valence-electron chi connectivity index (χ4n) is 1.59. The van der Waals surface area contributed by atoms with Crippen molar-refractivity contribution in [2.75, 3.05) is 0 Å². The fourth-order valence-corrected chi connectivity index (χ4v) is 1.59. The van der Waals surface area contributed by atoms with Crippen LogP contribution in [0.4, 0.5) is 0 Å². The minimum Gasteiger partial charge on any atom is -0.324 e. The SMILES string of the molecule is C/C=C\C(=O)c1nc2ccccc2n1C. The second kappa shape index (κ2) is 3.69. The average Bonchev–Trinajstić information content (AvgIpc) is 2.57. The molecule has 3 nitrogen and oxygen atoms in total. The number of carbonyl (C=O) groups is 1. The predicted octanol–water partition coefficient (Wildman–Crippen LogP) is 2.33. The largest absolute Gasteiger partial charge is 0.324 e. The Hall–Kier alpha value is -1.90. The van der Waals surface area contributed by atoms with Crippen LogP contribution in [0, 0.1) is 0 Å². The third-order valence-electron chi connectivity index (χ3n) is 2.33. The van der Waals surface area contributed by atoms with Crippen molar-refractivity contribution in [3.8, 4) is 0 Å². The van der Waals surface area contributed by atoms with Gasteiger partial charge in [-0.2, -0.15) is 0 Å². The lowest BCUT2D eigenvalue weighted by atomic mass is 10.3. The quantitative estimate of drug-likeness (QED) is 0.551. The third kappa shape index (κ3) is 1.56. The van der Waals surface area contributed by atoms with E-state index in [0.717, 1.165) is 11.0 Å². The molecule has 76 valence electrons. The van der Waals surface area contributed by atoms with Crippen molar-refractivity contribution in [3.63, 3.8) is 0 Å². The summed E-state index contributed by atoms with van der Waals surface area (Å²) in [6.45, 7) is 1.82. The van der Waals surface area contributed by atoms with Crippen LogP contribution in [0.3, 0.4) is 0 Å². The molecule has 0 bridgehead atoms. The highest BCUT2D eigenvalue weighted by Gasteiger charge is 2.11. The molecule has 1 aromatic heterocycles. The van der Waals surface area contributed by atoms with Crippen LogP contribution in [0.1, 0.15) is 17.5 Å². The van der Waals surface area contributed by atoms with E-state index in [1.807, 2.05) is 42.8 Å². The van der Waals surface area contributed by atoms with E-state index in [9.17, 15) is 4.79 Å². The van der Waals surface area contributed by atoms with Crippen molar-refractivity contribution in [2.24, 2.45) is 7.05 Å². The average molecular weight is 200 g/mol. The number of nitrogens with zero attached hydrogens (tertiary/aromatic N) is 2. The summed E-state index contributed by atoms with van der Waals surface area (Å²) in [5.74, 6) is 0.422. The van der Waals surface area contributed by atoms with E-state index in [0.29, 0.717) is 5.82 Å². The Morgan fingerprint density at radius 1 is 1.40 bits per heavy atom. The van der Waals surface area contributed by atoms with Crippen LogP contribution in [0.5, 0.6) is 0 Å². The van der Waals surface area contributed by atoms with Crippen LogP contribution in [-0.2, 0) is 7.05 Å². The molecule has 0 saturated carbocycles. The van der Waals surface area contributed by atoms with Gasteiger partial charge in [0, 0.05) is 7.05 Å². The van der Waals surface area contributed by atoms with Gasteiger partial charge in [0.05, 0.1) is 11.0 Å². The number of para-hydroxylation sites is 2. The van der Waals surface area contributed by atoms with Crippen molar-refractivity contribution in [2.45, 2.75) is 6.92 Å². The number of hydrogen-bond donors (Lipinski definition) is 0. The topological polar surface area (TPSA) is 34.9 Å². The Morgan fingerprint density at radius 3 is 2.80 bits per heavy atom. The molecule has 0 saturated heterocycles. The van der Waals surface area contributed by atoms with E-state index >= 15 is 0 Å². The molecule has 0 aliphatic carbocycles. The lowest BCUT2D eigenvalue weighted by Crippen LogP contribution is -2.04. The normalized spacial score (nSPS) is 11.3. The van der Waals surface area contributed by atoms with Gasteiger partial charge in [0.1, 0.15) is 0 Å². The first kappa shape index (κ1) is 9.65. The first-order valence-corrected chi connectivity index (χ1v) is 4.82. The minimum absolute atomic E-state index is 0.0591. The molecule has 0 amide bonds. The first-order chi connectivity index (χ1) is 7.24. The number of ketones is 1. The molecular weight excluding hydrogens is 188 g/mol. The number of hydrogen-bond acceptors (Lipinski definition) is 2. The lowest BCUT2D eigenvalue weighted by Gasteiger charge is -1.96. The molecule has 0 N–H and O–H groups in total. The van der Waals surface area contributed by atoms with E-state index in [1.165, 1.54) is 6.08 Å². The van der Waals surface area contributed by atoms with Crippen LogP contribution in [0.2, 0.25) is 0 Å². The number of aryl methyl sites for hydroxylation is 1. The van der Waals surface area contributed by atoms with Crippen LogP contribution in [0.15, 0.2) is 36.4 Å². The molecule has 0 spiro atoms. The molecule has 1 aromatic carbocycles. The number of benzene rings is 1. The number of carbonyl (C=O) groups excluding carboxylic acids is 1. The predicted molar refractivity (Wildman–Crippen MR) is 59.9 cm³/mol. The summed E-state index contributed by atoms with van der Waals surface area (Å²) in [6.07, 6.45) is 3.25. The second-order valence-electron chi connectivity index (χ2n) is 3.35. The van der Waals surface area contributed by atoms with Gasteiger partial charge in [-0.05, 0) is 25.1 Å². The molecule has 2 aromatic rings. The molecule has 15 heavy (non-hydrogen) atoms. The van der Waals surface area contributed by atoms with E-state index in [4.69, 9.17) is 0 Å². The minimum atomic E-state index is -0.0591. The van der Waals surface area contributed by atoms with E-state index in [1.54, 1.807) is 6.08 Å². The zero-order valence-electron chi connectivity index (χ0n) is 8.77. The van der Waals surface area contributed by atoms with Gasteiger partial charge in [-0.15, -0.1) is 0 Å². The van der Waals surface area contributed by atoms with Gasteiger partial charge in [-0.1, -0.05) is 18.2 Å². The molecule has 0 aliphatic heterocycles. The van der Waals surface area contributed by atoms with Gasteiger partial charge < -0.3 is 4.57 Å². The van der Waals surface area contributed by atoms with Gasteiger partial charge in [0.25, 0.3) is 0 Å². The number of imidazole rings is 1. The molecule has 0 atom stereocenters. The van der Waals surface area contributed by atoms with Crippen molar-refractivity contribution >= 4 is 16.8 Å². The van der Waals surface area contributed by atoms with Crippen LogP contribution >= 0.6 is 0 Å². The smallest absolute Gasteiger partial charge is 0.220 e. The standard InChI is InChI=1S/C12H12N2O/c1-3-6-11(15)12-13-9-7-4-5-8-10(9)14(12)2/h3-8H,1-2H3/b6-3-. The Kier molecular flexibility index (Phi) is 2.37. The molecule has 2 rings (SSSR count). The van der Waals surface area contributed by atoms with E-state index < -0.39 is 0 Å². The van der Waals surface area contributed by atoms with Crippen LogP contribution in [-0.4, -0.2) is 15.3 Å². The summed E-state index contributed by atoms with van der Waals surface area (Å²) >= 11 is 0. The Labute approximate surface area is 88.0 Å². The van der Waals surface area contributed by atoms with Gasteiger partial charge >= 0.3 is 0 Å². The van der Waals surface area contributed by atoms with Gasteiger partial charge in [0.2, 0.25) is 5.78 Å². The zero-order valence-corrected chi connectivity index (χ0v) is 8.77. The van der Waals surface area contributed by atoms with Crippen molar-refractivity contribution in [1.82, 2.24) is 9.55 Å². The van der Waals surface area contributed by atoms with E-state index in [2.05, 4.69) is 4.98 Å². The molecule has 0 fully saturated rings. The molecular formula is C12H12N2O. The molecule has 0 aliphatic rings. The van der Waals surface area contributed by atoms with Gasteiger partial charge in [0.15, 0.2) is 5.82 Å². The van der Waals surface area contributed by atoms with Gasteiger partial charge in [-0.3, -0.25) is 4.79 Å². The number of fused-ring (bicyclic) bond motifs is 1. The Balaban J connectivity index is 2.63. The first-order valence-electron chi connectivity index (χ1n) is 4.82. The van der Waals surface area contributed by atoms with Crippen molar-refractivity contribution < 1.29 is 4.79 Å². The number of aromatic nitrogens is 2. The van der Waals surface area contributed by atoms with Crippen molar-refractivity contribution in [1.29, 1.82) is 0 Å². The maximum atomic E-state index is 11.7. The van der Waals surface area contributed by atoms with Crippen LogP contribution < -0.4 is 0 Å². The second-order valence-corrected chi connectivity index (χ2v) is 3.35. The summed E-state index contributed by atoms with van der Waals surface area (Å²) in [4.78, 5) is 16.0. The summed E-state index contributed by atoms with van der Waals surface area (Å²) in [7, 11) is 1.85. The molecule has 3 heteroatoms. The number of allylic oxidation sites excluding steroid dienone is 2. The fraction of sp³-hybridized carbons (Fsp3) is 0.167.